The fourth-order valence-electron chi connectivity index (χ4n) is 4.02. The van der Waals surface area contributed by atoms with Crippen LogP contribution in [-0.2, 0) is 10.3 Å². The average Bonchev–Trinajstić information content (AvgIpc) is 3.43. The van der Waals surface area contributed by atoms with Crippen molar-refractivity contribution < 1.29 is 13.9 Å². The fourth-order valence-corrected chi connectivity index (χ4v) is 4.02. The molecule has 0 radical (unpaired) electrons. The number of aromatic nitrogens is 6. The van der Waals surface area contributed by atoms with Gasteiger partial charge < -0.3 is 10.1 Å². The van der Waals surface area contributed by atoms with Gasteiger partial charge in [0.15, 0.2) is 0 Å². The Hall–Kier alpha value is -3.76. The van der Waals surface area contributed by atoms with Gasteiger partial charge >= 0.3 is 5.69 Å². The molecule has 3 heterocycles. The van der Waals surface area contributed by atoms with E-state index >= 15 is 4.39 Å². The molecule has 0 spiro atoms. The first-order valence-corrected chi connectivity index (χ1v) is 11.3. The highest BCUT2D eigenvalue weighted by atomic mass is 19.1. The molecular weight excluding hydrogens is 441 g/mol. The number of hydrogen-bond acceptors (Lipinski definition) is 6. The lowest BCUT2D eigenvalue weighted by Crippen LogP contribution is -2.49. The molecule has 0 unspecified atom stereocenters. The molecule has 1 aliphatic heterocycles. The Morgan fingerprint density at radius 2 is 2.06 bits per heavy atom. The average molecular weight is 470 g/mol. The van der Waals surface area contributed by atoms with Crippen molar-refractivity contribution in [3.05, 3.63) is 58.0 Å². The van der Waals surface area contributed by atoms with Crippen LogP contribution in [0.3, 0.4) is 0 Å². The van der Waals surface area contributed by atoms with Crippen molar-refractivity contribution in [3.8, 4) is 5.75 Å². The van der Waals surface area contributed by atoms with Gasteiger partial charge in [0.05, 0.1) is 17.8 Å². The first-order valence-electron chi connectivity index (χ1n) is 11.3. The van der Waals surface area contributed by atoms with Crippen molar-refractivity contribution >= 4 is 17.2 Å². The van der Waals surface area contributed by atoms with Crippen molar-refractivity contribution in [1.29, 1.82) is 0 Å². The molecule has 2 aromatic heterocycles. The van der Waals surface area contributed by atoms with Crippen LogP contribution in [0, 0.1) is 5.82 Å². The van der Waals surface area contributed by atoms with E-state index < -0.39 is 23.0 Å². The summed E-state index contributed by atoms with van der Waals surface area (Å²) in [5, 5.41) is 16.9. The number of unbranched alkanes of at least 4 members (excludes halogenated alkanes) is 1. The Balaban J connectivity index is 1.78. The minimum absolute atomic E-state index is 0.00478. The second-order valence-corrected chi connectivity index (χ2v) is 8.83. The van der Waals surface area contributed by atoms with Gasteiger partial charge in [-0.15, -0.1) is 0 Å². The maximum atomic E-state index is 15.2. The van der Waals surface area contributed by atoms with Crippen molar-refractivity contribution in [1.82, 2.24) is 35.3 Å². The van der Waals surface area contributed by atoms with Crippen LogP contribution in [0.5, 0.6) is 5.75 Å². The number of carbonyl (C=O) groups is 1. The lowest BCUT2D eigenvalue weighted by molar-refractivity contribution is -0.118. The molecule has 11 heteroatoms. The number of nitrogens with one attached hydrogen (secondary N) is 2. The number of H-pyrrole nitrogens is 1. The molecule has 10 nitrogen and oxygen atoms in total. The number of nitrogens with zero attached hydrogens (tertiary/aromatic N) is 5. The summed E-state index contributed by atoms with van der Waals surface area (Å²) in [6.07, 6.45) is 3.82. The van der Waals surface area contributed by atoms with Crippen molar-refractivity contribution in [2.24, 2.45) is 0 Å². The molecule has 180 valence electrons. The molecule has 0 fully saturated rings. The van der Waals surface area contributed by atoms with Gasteiger partial charge in [0.1, 0.15) is 17.3 Å². The maximum absolute atomic E-state index is 15.2. The summed E-state index contributed by atoms with van der Waals surface area (Å²) in [5.74, 6) is -0.644. The summed E-state index contributed by atoms with van der Waals surface area (Å²) >= 11 is 0. The fraction of sp³-hybridized carbons (Fsp3) is 0.435. The third kappa shape index (κ3) is 4.37. The summed E-state index contributed by atoms with van der Waals surface area (Å²) in [5.41, 5.74) is -0.490. The van der Waals surface area contributed by atoms with E-state index in [4.69, 9.17) is 4.74 Å². The zero-order valence-corrected chi connectivity index (χ0v) is 19.6. The van der Waals surface area contributed by atoms with Crippen molar-refractivity contribution in [3.63, 3.8) is 0 Å². The molecule has 4 rings (SSSR count). The molecule has 0 aliphatic carbocycles. The zero-order chi connectivity index (χ0) is 24.5. The lowest BCUT2D eigenvalue weighted by atomic mass is 9.80. The molecule has 1 atom stereocenters. The number of carbonyl (C=O) groups excluding carboxylic acids is 1. The van der Waals surface area contributed by atoms with Gasteiger partial charge in [-0.1, -0.05) is 19.4 Å². The largest absolute Gasteiger partial charge is 0.493 e. The topological polar surface area (TPSA) is 120 Å². The normalized spacial score (nSPS) is 18.5. The Bertz CT molecular complexity index is 1290. The van der Waals surface area contributed by atoms with E-state index in [1.165, 1.54) is 6.07 Å². The van der Waals surface area contributed by atoms with Gasteiger partial charge in [0, 0.05) is 35.9 Å². The van der Waals surface area contributed by atoms with Crippen LogP contribution in [0.2, 0.25) is 0 Å². The van der Waals surface area contributed by atoms with Crippen LogP contribution >= 0.6 is 0 Å². The van der Waals surface area contributed by atoms with Gasteiger partial charge in [-0.05, 0) is 49.8 Å². The summed E-state index contributed by atoms with van der Waals surface area (Å²) in [4.78, 5) is 25.6. The van der Waals surface area contributed by atoms with Crippen molar-refractivity contribution in [2.45, 2.75) is 58.5 Å². The molecule has 2 N–H and O–H groups in total. The van der Waals surface area contributed by atoms with Gasteiger partial charge in [-0.3, -0.25) is 9.48 Å². The lowest BCUT2D eigenvalue weighted by Gasteiger charge is -2.37. The number of rotatable bonds is 8. The smallest absolute Gasteiger partial charge is 0.366 e. The summed E-state index contributed by atoms with van der Waals surface area (Å²) in [7, 11) is 0. The summed E-state index contributed by atoms with van der Waals surface area (Å²) in [6.45, 7) is 8.25. The van der Waals surface area contributed by atoms with E-state index in [-0.39, 0.29) is 18.2 Å². The van der Waals surface area contributed by atoms with Crippen LogP contribution in [-0.4, -0.2) is 42.5 Å². The van der Waals surface area contributed by atoms with E-state index in [0.29, 0.717) is 29.2 Å². The van der Waals surface area contributed by atoms with E-state index in [9.17, 15) is 9.59 Å². The third-order valence-corrected chi connectivity index (χ3v) is 5.85. The molecule has 0 saturated carbocycles. The summed E-state index contributed by atoms with van der Waals surface area (Å²) in [6, 6.07) is 6.50. The number of amides is 1. The van der Waals surface area contributed by atoms with Gasteiger partial charge in [-0.2, -0.15) is 9.78 Å². The molecule has 3 aromatic rings. The van der Waals surface area contributed by atoms with Gasteiger partial charge in [0.2, 0.25) is 0 Å². The Labute approximate surface area is 195 Å². The quantitative estimate of drug-likeness (QED) is 0.490. The van der Waals surface area contributed by atoms with Crippen LogP contribution in [0.1, 0.15) is 64.3 Å². The van der Waals surface area contributed by atoms with E-state index in [2.05, 4.69) is 32.9 Å². The van der Waals surface area contributed by atoms with Crippen LogP contribution < -0.4 is 15.7 Å². The Kier molecular flexibility index (Phi) is 6.36. The van der Waals surface area contributed by atoms with Gasteiger partial charge in [0.25, 0.3) is 5.91 Å². The number of halogens is 1. The predicted molar refractivity (Wildman–Crippen MR) is 123 cm³/mol. The van der Waals surface area contributed by atoms with Crippen LogP contribution in [0.4, 0.5) is 4.39 Å². The van der Waals surface area contributed by atoms with Gasteiger partial charge in [-0.25, -0.2) is 14.3 Å². The number of hydrogen-bond donors (Lipinski definition) is 2. The minimum atomic E-state index is -1.10. The molecule has 1 amide bonds. The second kappa shape index (κ2) is 9.24. The molecule has 1 aromatic carbocycles. The van der Waals surface area contributed by atoms with Crippen LogP contribution in [0.25, 0.3) is 11.3 Å². The van der Waals surface area contributed by atoms with E-state index in [1.807, 2.05) is 13.8 Å². The number of aromatic amines is 1. The van der Waals surface area contributed by atoms with E-state index in [1.54, 1.807) is 36.0 Å². The van der Waals surface area contributed by atoms with E-state index in [0.717, 1.165) is 17.5 Å². The number of tetrazole rings is 1. The molecule has 34 heavy (non-hydrogen) atoms. The van der Waals surface area contributed by atoms with Crippen LogP contribution in [0.15, 0.2) is 35.3 Å². The summed E-state index contributed by atoms with van der Waals surface area (Å²) < 4.78 is 23.5. The number of ether oxygens (including phenoxy) is 1. The molecular formula is C23H28FN7O3. The maximum Gasteiger partial charge on any atom is 0.366 e. The monoisotopic (exact) mass is 469 g/mol. The predicted octanol–water partition coefficient (Wildman–Crippen LogP) is 2.87. The number of benzene rings is 1. The third-order valence-electron chi connectivity index (χ3n) is 5.85. The first kappa shape index (κ1) is 23.4. The van der Waals surface area contributed by atoms with Crippen molar-refractivity contribution in [2.75, 3.05) is 6.61 Å². The molecule has 0 saturated heterocycles. The Morgan fingerprint density at radius 3 is 2.68 bits per heavy atom. The highest BCUT2D eigenvalue weighted by Gasteiger charge is 2.41. The standard InChI is InChI=1S/C23H28FN7O3/c1-5-6-11-34-15-7-8-17(18(24)12-15)23(4)13-16(19-9-10-30(27-19)14(2)3)20(21(32)25-23)31-22(33)26-28-29-31/h7-10,12,14H,5-6,11,13H2,1-4H3,(H,25,32)(H,26,29,33)/t23-/m0/s1. The molecule has 1 aliphatic rings. The Morgan fingerprint density at radius 1 is 1.26 bits per heavy atom. The highest BCUT2D eigenvalue weighted by Crippen LogP contribution is 2.40. The molecule has 0 bridgehead atoms. The minimum Gasteiger partial charge on any atom is -0.493 e. The zero-order valence-electron chi connectivity index (χ0n) is 19.6. The first-order chi connectivity index (χ1) is 16.2. The highest BCUT2D eigenvalue weighted by molar-refractivity contribution is 6.22. The second-order valence-electron chi connectivity index (χ2n) is 8.83. The SMILES string of the molecule is CCCCOc1ccc([C@]2(C)CC(c3ccn(C(C)C)n3)=C(n3nn[nH]c3=O)C(=O)N2)c(F)c1.